The average molecular weight is 244 g/mol. The van der Waals surface area contributed by atoms with Crippen molar-refractivity contribution in [2.45, 2.75) is 38.6 Å². The first-order chi connectivity index (χ1) is 8.75. The Morgan fingerprint density at radius 2 is 1.83 bits per heavy atom. The van der Waals surface area contributed by atoms with Gasteiger partial charge in [0.1, 0.15) is 0 Å². The second kappa shape index (κ2) is 4.63. The summed E-state index contributed by atoms with van der Waals surface area (Å²) in [5, 5.41) is 0. The molecule has 2 aliphatic rings. The van der Waals surface area contributed by atoms with Crippen LogP contribution in [0.5, 0.6) is 0 Å². The third-order valence-electron chi connectivity index (χ3n) is 4.14. The first-order valence-electron chi connectivity index (χ1n) is 6.90. The number of benzene rings is 1. The number of hydrogen-bond acceptors (Lipinski definition) is 1. The molecule has 0 spiro atoms. The van der Waals surface area contributed by atoms with Gasteiger partial charge in [-0.3, -0.25) is 4.90 Å². The van der Waals surface area contributed by atoms with E-state index in [-0.39, 0.29) is 6.03 Å². The van der Waals surface area contributed by atoms with Crippen molar-refractivity contribution >= 4 is 11.7 Å². The average Bonchev–Trinajstić information content (AvgIpc) is 2.41. The molecule has 0 bridgehead atoms. The fraction of sp³-hybridized carbons (Fsp3) is 0.533. The summed E-state index contributed by atoms with van der Waals surface area (Å²) >= 11 is 0. The second-order valence-electron chi connectivity index (χ2n) is 5.40. The predicted molar refractivity (Wildman–Crippen MR) is 72.9 cm³/mol. The minimum Gasteiger partial charge on any atom is -0.321 e. The number of nitrogens with zero attached hydrogens (tertiary/aromatic N) is 2. The van der Waals surface area contributed by atoms with E-state index in [4.69, 9.17) is 0 Å². The third-order valence-corrected chi connectivity index (χ3v) is 4.14. The highest BCUT2D eigenvalue weighted by Crippen LogP contribution is 2.28. The Labute approximate surface area is 108 Å². The molecule has 2 saturated heterocycles. The predicted octanol–water partition coefficient (Wildman–Crippen LogP) is 3.18. The third kappa shape index (κ3) is 1.98. The van der Waals surface area contributed by atoms with Gasteiger partial charge in [-0.2, -0.15) is 0 Å². The molecule has 1 unspecified atom stereocenters. The Bertz CT molecular complexity index is 440. The summed E-state index contributed by atoms with van der Waals surface area (Å²) in [4.78, 5) is 16.5. The summed E-state index contributed by atoms with van der Waals surface area (Å²) in [5.41, 5.74) is 2.27. The van der Waals surface area contributed by atoms with Crippen molar-refractivity contribution in [1.82, 2.24) is 4.90 Å². The summed E-state index contributed by atoms with van der Waals surface area (Å²) < 4.78 is 0. The second-order valence-corrected chi connectivity index (χ2v) is 5.40. The van der Waals surface area contributed by atoms with Crippen LogP contribution in [0, 0.1) is 6.92 Å². The molecule has 2 aliphatic heterocycles. The summed E-state index contributed by atoms with van der Waals surface area (Å²) in [5.74, 6) is 0. The normalized spacial score (nSPS) is 24.1. The molecule has 0 radical (unpaired) electrons. The SMILES string of the molecule is Cc1ccc(N2CCC3CCCCN3C2=O)cc1. The molecule has 2 heterocycles. The molecule has 0 saturated carbocycles. The van der Waals surface area contributed by atoms with Gasteiger partial charge in [0.05, 0.1) is 0 Å². The maximum absolute atomic E-state index is 12.5. The zero-order valence-electron chi connectivity index (χ0n) is 10.9. The Morgan fingerprint density at radius 3 is 2.61 bits per heavy atom. The number of carbonyl (C=O) groups is 1. The molecule has 0 N–H and O–H groups in total. The van der Waals surface area contributed by atoms with Gasteiger partial charge in [0, 0.05) is 24.8 Å². The number of hydrogen-bond donors (Lipinski definition) is 0. The summed E-state index contributed by atoms with van der Waals surface area (Å²) in [6.07, 6.45) is 4.73. The molecule has 96 valence electrons. The first-order valence-corrected chi connectivity index (χ1v) is 6.90. The molecule has 3 nitrogen and oxygen atoms in total. The number of amides is 2. The highest BCUT2D eigenvalue weighted by atomic mass is 16.2. The van der Waals surface area contributed by atoms with Crippen molar-refractivity contribution in [2.24, 2.45) is 0 Å². The molecule has 2 amide bonds. The first kappa shape index (κ1) is 11.6. The van der Waals surface area contributed by atoms with Gasteiger partial charge >= 0.3 is 6.03 Å². The molecule has 1 aromatic rings. The number of urea groups is 1. The van der Waals surface area contributed by atoms with Crippen LogP contribution in [0.1, 0.15) is 31.2 Å². The highest BCUT2D eigenvalue weighted by molar-refractivity contribution is 5.93. The summed E-state index contributed by atoms with van der Waals surface area (Å²) in [6.45, 7) is 3.87. The number of rotatable bonds is 1. The molecule has 0 aromatic heterocycles. The van der Waals surface area contributed by atoms with Gasteiger partial charge < -0.3 is 4.90 Å². The van der Waals surface area contributed by atoms with E-state index in [9.17, 15) is 4.79 Å². The van der Waals surface area contributed by atoms with Gasteiger partial charge in [-0.1, -0.05) is 17.7 Å². The number of piperidine rings is 1. The van der Waals surface area contributed by atoms with E-state index in [2.05, 4.69) is 36.1 Å². The van der Waals surface area contributed by atoms with Gasteiger partial charge in [0.25, 0.3) is 0 Å². The highest BCUT2D eigenvalue weighted by Gasteiger charge is 2.35. The van der Waals surface area contributed by atoms with Crippen molar-refractivity contribution < 1.29 is 4.79 Å². The lowest BCUT2D eigenvalue weighted by atomic mass is 9.97. The molecular weight excluding hydrogens is 224 g/mol. The monoisotopic (exact) mass is 244 g/mol. The molecule has 2 fully saturated rings. The van der Waals surface area contributed by atoms with Crippen LogP contribution in [0.4, 0.5) is 10.5 Å². The Kier molecular flexibility index (Phi) is 2.98. The van der Waals surface area contributed by atoms with Crippen LogP contribution < -0.4 is 4.90 Å². The summed E-state index contributed by atoms with van der Waals surface area (Å²) in [6, 6.07) is 8.95. The zero-order valence-corrected chi connectivity index (χ0v) is 10.9. The van der Waals surface area contributed by atoms with Crippen LogP contribution in [0.3, 0.4) is 0 Å². The van der Waals surface area contributed by atoms with Crippen LogP contribution in [0.2, 0.25) is 0 Å². The van der Waals surface area contributed by atoms with Gasteiger partial charge in [0.15, 0.2) is 0 Å². The van der Waals surface area contributed by atoms with Crippen molar-refractivity contribution in [2.75, 3.05) is 18.0 Å². The van der Waals surface area contributed by atoms with Crippen LogP contribution in [0.15, 0.2) is 24.3 Å². The Morgan fingerprint density at radius 1 is 1.06 bits per heavy atom. The Hall–Kier alpha value is -1.51. The van der Waals surface area contributed by atoms with E-state index in [0.717, 1.165) is 31.6 Å². The molecule has 18 heavy (non-hydrogen) atoms. The molecule has 1 aromatic carbocycles. The molecule has 3 heteroatoms. The van der Waals surface area contributed by atoms with Crippen molar-refractivity contribution in [3.05, 3.63) is 29.8 Å². The van der Waals surface area contributed by atoms with Crippen LogP contribution in [-0.2, 0) is 0 Å². The lowest BCUT2D eigenvalue weighted by Crippen LogP contribution is -2.56. The fourth-order valence-corrected chi connectivity index (χ4v) is 3.05. The topological polar surface area (TPSA) is 23.6 Å². The Balaban J connectivity index is 1.81. The van der Waals surface area contributed by atoms with E-state index in [1.165, 1.54) is 18.4 Å². The molecular formula is C15H20N2O. The van der Waals surface area contributed by atoms with E-state index in [0.29, 0.717) is 6.04 Å². The minimum atomic E-state index is 0.204. The largest absolute Gasteiger partial charge is 0.324 e. The van der Waals surface area contributed by atoms with E-state index < -0.39 is 0 Å². The smallest absolute Gasteiger partial charge is 0.321 e. The quantitative estimate of drug-likeness (QED) is 0.744. The fourth-order valence-electron chi connectivity index (χ4n) is 3.05. The molecule has 1 atom stereocenters. The summed E-state index contributed by atoms with van der Waals surface area (Å²) in [7, 11) is 0. The lowest BCUT2D eigenvalue weighted by Gasteiger charge is -2.44. The number of anilines is 1. The van der Waals surface area contributed by atoms with Crippen molar-refractivity contribution in [3.8, 4) is 0 Å². The number of aryl methyl sites for hydroxylation is 1. The van der Waals surface area contributed by atoms with Gasteiger partial charge in [0.2, 0.25) is 0 Å². The maximum atomic E-state index is 12.5. The maximum Gasteiger partial charge on any atom is 0.324 e. The molecule has 0 aliphatic carbocycles. The van der Waals surface area contributed by atoms with Crippen molar-refractivity contribution in [3.63, 3.8) is 0 Å². The standard InChI is InChI=1S/C15H20N2O/c1-12-5-7-14(8-6-12)17-11-9-13-4-2-3-10-16(13)15(17)18/h5-8,13H,2-4,9-11H2,1H3. The lowest BCUT2D eigenvalue weighted by molar-refractivity contribution is 0.139. The van der Waals surface area contributed by atoms with E-state index in [1.54, 1.807) is 0 Å². The van der Waals surface area contributed by atoms with Crippen LogP contribution >= 0.6 is 0 Å². The van der Waals surface area contributed by atoms with E-state index in [1.807, 2.05) is 4.90 Å². The number of carbonyl (C=O) groups excluding carboxylic acids is 1. The minimum absolute atomic E-state index is 0.204. The van der Waals surface area contributed by atoms with E-state index >= 15 is 0 Å². The van der Waals surface area contributed by atoms with Gasteiger partial charge in [-0.25, -0.2) is 4.79 Å². The van der Waals surface area contributed by atoms with Gasteiger partial charge in [-0.05, 0) is 44.7 Å². The molecule has 3 rings (SSSR count). The van der Waals surface area contributed by atoms with Crippen LogP contribution in [-0.4, -0.2) is 30.1 Å². The van der Waals surface area contributed by atoms with Crippen LogP contribution in [0.25, 0.3) is 0 Å². The van der Waals surface area contributed by atoms with Gasteiger partial charge in [-0.15, -0.1) is 0 Å². The van der Waals surface area contributed by atoms with Crippen molar-refractivity contribution in [1.29, 1.82) is 0 Å². The number of fused-ring (bicyclic) bond motifs is 1. The zero-order chi connectivity index (χ0) is 12.5.